The van der Waals surface area contributed by atoms with Crippen LogP contribution in [0, 0.1) is 14.4 Å². The maximum atomic E-state index is 6.71. The van der Waals surface area contributed by atoms with Gasteiger partial charge in [0.15, 0.2) is 0 Å². The van der Waals surface area contributed by atoms with Gasteiger partial charge in [0.05, 0.1) is 0 Å². The molecule has 0 saturated carbocycles. The zero-order chi connectivity index (χ0) is 4.83. The summed E-state index contributed by atoms with van der Waals surface area (Å²) >= 11 is 0. The third kappa shape index (κ3) is 10.7. The summed E-state index contributed by atoms with van der Waals surface area (Å²) in [6.07, 6.45) is 4.15. The van der Waals surface area contributed by atoms with Crippen LogP contribution in [0.3, 0.4) is 0 Å². The van der Waals surface area contributed by atoms with Crippen molar-refractivity contribution in [2.75, 3.05) is 0 Å². The lowest BCUT2D eigenvalue weighted by molar-refractivity contribution is 0.728. The molecular weight excluding hydrogens is 84.1 g/mol. The molecule has 0 bridgehead atoms. The summed E-state index contributed by atoms with van der Waals surface area (Å²) < 4.78 is 0. The van der Waals surface area contributed by atoms with E-state index in [1.807, 2.05) is 0 Å². The van der Waals surface area contributed by atoms with Gasteiger partial charge < -0.3 is 0 Å². The predicted molar refractivity (Wildman–Crippen MR) is 31.7 cm³/mol. The molecule has 7 heavy (non-hydrogen) atoms. The van der Waals surface area contributed by atoms with E-state index in [-0.39, 0.29) is 7.43 Å². The van der Waals surface area contributed by atoms with Crippen LogP contribution in [0.4, 0.5) is 0 Å². The first-order valence-corrected chi connectivity index (χ1v) is 2.56. The molecule has 0 spiro atoms. The highest BCUT2D eigenvalue weighted by Gasteiger charge is 1.75. The van der Waals surface area contributed by atoms with E-state index in [0.717, 1.165) is 6.42 Å². The summed E-state index contributed by atoms with van der Waals surface area (Å²) in [4.78, 5) is 0. The Kier molecular flexibility index (Phi) is 13.5. The lowest BCUT2D eigenvalue weighted by Gasteiger charge is -1.85. The molecule has 0 heteroatoms. The van der Waals surface area contributed by atoms with Crippen LogP contribution in [0.2, 0.25) is 0 Å². The van der Waals surface area contributed by atoms with Crippen LogP contribution >= 0.6 is 0 Å². The van der Waals surface area contributed by atoms with Crippen molar-refractivity contribution < 1.29 is 0 Å². The molecule has 0 atom stereocenters. The van der Waals surface area contributed by atoms with Gasteiger partial charge in [-0.05, 0) is 20.8 Å². The van der Waals surface area contributed by atoms with Gasteiger partial charge in [-0.2, -0.15) is 0 Å². The molecule has 0 aliphatic heterocycles. The van der Waals surface area contributed by atoms with Crippen molar-refractivity contribution in [1.82, 2.24) is 0 Å². The Morgan fingerprint density at radius 2 is 1.86 bits per heavy atom. The van der Waals surface area contributed by atoms with Crippen LogP contribution in [0.15, 0.2) is 0 Å². The molecule has 6 radical (unpaired) electrons. The van der Waals surface area contributed by atoms with E-state index in [9.17, 15) is 0 Å². The van der Waals surface area contributed by atoms with Gasteiger partial charge in [0.1, 0.15) is 0 Å². The van der Waals surface area contributed by atoms with Crippen LogP contribution in [-0.2, 0) is 0 Å². The first-order chi connectivity index (χ1) is 2.91. The Bertz CT molecular complexity index is 12.0. The summed E-state index contributed by atoms with van der Waals surface area (Å²) in [5.41, 5.74) is 0. The molecule has 0 heterocycles. The number of rotatable bonds is 3. The average Bonchev–Trinajstić information content (AvgIpc) is 1.61. The first kappa shape index (κ1) is 10.1. The maximum Gasteiger partial charge on any atom is -0.00936 e. The smallest absolute Gasteiger partial charge is 0.00936 e. The zero-order valence-electron chi connectivity index (χ0n) is 4.91. The molecule has 0 aliphatic carbocycles. The second kappa shape index (κ2) is 9.38. The van der Waals surface area contributed by atoms with Crippen molar-refractivity contribution in [2.45, 2.75) is 32.6 Å². The van der Waals surface area contributed by atoms with Gasteiger partial charge >= 0.3 is 0 Å². The standard InChI is InChI=1S/C6H11.CH/c1-3-5-6-4-2;/h3-6H2,1H3;1H. The molecule has 0 rings (SSSR count). The molecule has 0 aromatic heterocycles. The molecule has 40 valence electrons. The molecule has 0 N–H and O–H groups in total. The minimum absolute atomic E-state index is 0. The van der Waals surface area contributed by atoms with E-state index in [4.69, 9.17) is 6.92 Å². The molecule has 0 amide bonds. The Hall–Kier alpha value is 0. The second-order valence-corrected chi connectivity index (χ2v) is 1.46. The Balaban J connectivity index is 0. The molecule has 0 saturated heterocycles. The average molecular weight is 96.2 g/mol. The number of hydrogen-bond donors (Lipinski definition) is 0. The summed E-state index contributed by atoms with van der Waals surface area (Å²) in [7, 11) is 0. The van der Waals surface area contributed by atoms with Crippen molar-refractivity contribution in [3.63, 3.8) is 0 Å². The van der Waals surface area contributed by atoms with E-state index in [2.05, 4.69) is 6.92 Å². The normalized spacial score (nSPS) is 7.71. The highest BCUT2D eigenvalue weighted by molar-refractivity contribution is 4.38. The fraction of sp³-hybridized carbons (Fsp3) is 0.714. The van der Waals surface area contributed by atoms with E-state index in [1.54, 1.807) is 0 Å². The van der Waals surface area contributed by atoms with Crippen molar-refractivity contribution in [3.8, 4) is 0 Å². The lowest BCUT2D eigenvalue weighted by Crippen LogP contribution is -1.66. The molecule has 0 aromatic rings. The van der Waals surface area contributed by atoms with Gasteiger partial charge in [0.25, 0.3) is 0 Å². The molecule has 0 unspecified atom stereocenters. The van der Waals surface area contributed by atoms with E-state index < -0.39 is 0 Å². The molecule has 0 fully saturated rings. The van der Waals surface area contributed by atoms with E-state index in [1.165, 1.54) is 12.8 Å². The van der Waals surface area contributed by atoms with E-state index >= 15 is 0 Å². The third-order valence-corrected chi connectivity index (χ3v) is 0.780. The number of unbranched alkanes of at least 4 members (excludes halogenated alkanes) is 3. The summed E-state index contributed by atoms with van der Waals surface area (Å²) in [6, 6.07) is 0. The van der Waals surface area contributed by atoms with Gasteiger partial charge in [-0.3, -0.25) is 0 Å². The van der Waals surface area contributed by atoms with Gasteiger partial charge in [-0.25, -0.2) is 0 Å². The molecular formula is C7H12. The van der Waals surface area contributed by atoms with Crippen molar-refractivity contribution in [1.29, 1.82) is 0 Å². The highest BCUT2D eigenvalue weighted by atomic mass is 13.8. The predicted octanol–water partition coefficient (Wildman–Crippen LogP) is 2.36. The maximum absolute atomic E-state index is 6.71. The Morgan fingerprint density at radius 3 is 2.00 bits per heavy atom. The largest absolute Gasteiger partial charge is 0.0654 e. The molecule has 0 nitrogen and oxygen atoms in total. The van der Waals surface area contributed by atoms with Crippen LogP contribution < -0.4 is 0 Å². The van der Waals surface area contributed by atoms with E-state index in [0.29, 0.717) is 6.42 Å². The van der Waals surface area contributed by atoms with Crippen LogP contribution in [0.5, 0.6) is 0 Å². The summed E-state index contributed by atoms with van der Waals surface area (Å²) in [5.74, 6) is 0. The fourth-order valence-corrected chi connectivity index (χ4v) is 0.375. The van der Waals surface area contributed by atoms with Crippen LogP contribution in [-0.4, -0.2) is 0 Å². The monoisotopic (exact) mass is 96.1 g/mol. The fourth-order valence-electron chi connectivity index (χ4n) is 0.375. The Morgan fingerprint density at radius 1 is 1.29 bits per heavy atom. The van der Waals surface area contributed by atoms with Gasteiger partial charge in [0.2, 0.25) is 0 Å². The van der Waals surface area contributed by atoms with Gasteiger partial charge in [-0.1, -0.05) is 26.2 Å². The van der Waals surface area contributed by atoms with Gasteiger partial charge in [-0.15, -0.1) is 0 Å². The zero-order valence-corrected chi connectivity index (χ0v) is 4.91. The van der Waals surface area contributed by atoms with Crippen molar-refractivity contribution in [2.24, 2.45) is 0 Å². The summed E-state index contributed by atoms with van der Waals surface area (Å²) in [5, 5.41) is 0. The van der Waals surface area contributed by atoms with Crippen molar-refractivity contribution in [3.05, 3.63) is 14.4 Å². The topological polar surface area (TPSA) is 0 Å². The lowest BCUT2D eigenvalue weighted by atomic mass is 10.2. The van der Waals surface area contributed by atoms with Crippen molar-refractivity contribution >= 4 is 0 Å². The minimum Gasteiger partial charge on any atom is -0.0654 e. The highest BCUT2D eigenvalue weighted by Crippen LogP contribution is 1.95. The third-order valence-electron chi connectivity index (χ3n) is 0.780. The number of hydrogen-bond acceptors (Lipinski definition) is 0. The van der Waals surface area contributed by atoms with Crippen LogP contribution in [0.1, 0.15) is 32.6 Å². The SMILES string of the molecule is [CH].[C]CCCCC. The van der Waals surface area contributed by atoms with Gasteiger partial charge in [0, 0.05) is 0 Å². The first-order valence-electron chi connectivity index (χ1n) is 2.56. The van der Waals surface area contributed by atoms with Crippen LogP contribution in [0.25, 0.3) is 0 Å². The minimum atomic E-state index is 0. The summed E-state index contributed by atoms with van der Waals surface area (Å²) in [6.45, 7) is 8.85. The molecule has 0 aromatic carbocycles. The molecule has 0 aliphatic rings. The quantitative estimate of drug-likeness (QED) is 0.473. The second-order valence-electron chi connectivity index (χ2n) is 1.46. The Labute approximate surface area is 47.9 Å².